The lowest BCUT2D eigenvalue weighted by molar-refractivity contribution is -0.386. The normalized spacial score (nSPS) is 14.0. The van der Waals surface area contributed by atoms with Gasteiger partial charge in [0.15, 0.2) is 0 Å². The van der Waals surface area contributed by atoms with E-state index in [1.165, 1.54) is 0 Å². The number of Topliss-reactive ketones (excluding diaryl/α,β-unsaturated/α-hetero) is 1. The molecule has 0 saturated carbocycles. The third kappa shape index (κ3) is 3.10. The standard InChI is InChI=1S/C11H3Cl2F9O/c12-4-1-2-6(13)5(3-4)7(23)8(14,15)9(16,17)10(18,19)11(20,21)22/h1-3H. The van der Waals surface area contributed by atoms with Crippen LogP contribution in [0.4, 0.5) is 39.5 Å². The van der Waals surface area contributed by atoms with E-state index in [1.54, 1.807) is 0 Å². The fraction of sp³-hybridized carbons (Fsp3) is 0.364. The molecular formula is C11H3Cl2F9O. The van der Waals surface area contributed by atoms with Gasteiger partial charge in [0.2, 0.25) is 5.78 Å². The van der Waals surface area contributed by atoms with Crippen molar-refractivity contribution < 1.29 is 44.3 Å². The van der Waals surface area contributed by atoms with Crippen molar-refractivity contribution in [3.63, 3.8) is 0 Å². The van der Waals surface area contributed by atoms with Crippen LogP contribution in [-0.4, -0.2) is 29.7 Å². The van der Waals surface area contributed by atoms with Crippen LogP contribution in [0.1, 0.15) is 10.4 Å². The summed E-state index contributed by atoms with van der Waals surface area (Å²) in [6.45, 7) is 0. The molecule has 1 rings (SSSR count). The molecule has 0 unspecified atom stereocenters. The number of hydrogen-bond acceptors (Lipinski definition) is 1. The van der Waals surface area contributed by atoms with Gasteiger partial charge in [-0.1, -0.05) is 23.2 Å². The molecule has 0 fully saturated rings. The molecule has 0 N–H and O–H groups in total. The Morgan fingerprint density at radius 2 is 1.30 bits per heavy atom. The average molecular weight is 393 g/mol. The summed E-state index contributed by atoms with van der Waals surface area (Å²) in [5, 5.41) is -1.34. The minimum atomic E-state index is -7.16. The Kier molecular flexibility index (Phi) is 4.95. The number of alkyl halides is 9. The molecule has 0 aliphatic carbocycles. The fourth-order valence-electron chi connectivity index (χ4n) is 1.36. The van der Waals surface area contributed by atoms with Crippen LogP contribution in [0.15, 0.2) is 18.2 Å². The summed E-state index contributed by atoms with van der Waals surface area (Å²) < 4.78 is 114. The summed E-state index contributed by atoms with van der Waals surface area (Å²) in [6, 6.07) is 1.98. The Balaban J connectivity index is 3.45. The predicted octanol–water partition coefficient (Wildman–Crippen LogP) is 5.64. The number of benzene rings is 1. The average Bonchev–Trinajstić information content (AvgIpc) is 2.38. The lowest BCUT2D eigenvalue weighted by atomic mass is 9.95. The molecule has 0 heterocycles. The van der Waals surface area contributed by atoms with Crippen LogP contribution in [0.2, 0.25) is 10.0 Å². The first-order chi connectivity index (χ1) is 10.1. The van der Waals surface area contributed by atoms with Crippen molar-refractivity contribution in [2.24, 2.45) is 0 Å². The molecule has 1 aromatic rings. The summed E-state index contributed by atoms with van der Waals surface area (Å²) in [5.41, 5.74) is -1.43. The van der Waals surface area contributed by atoms with E-state index >= 15 is 0 Å². The van der Waals surface area contributed by atoms with Crippen molar-refractivity contribution in [2.75, 3.05) is 0 Å². The van der Waals surface area contributed by atoms with E-state index < -0.39 is 45.3 Å². The molecule has 1 nitrogen and oxygen atoms in total. The zero-order valence-corrected chi connectivity index (χ0v) is 11.8. The summed E-state index contributed by atoms with van der Waals surface area (Å²) in [4.78, 5) is 11.4. The van der Waals surface area contributed by atoms with Crippen molar-refractivity contribution in [3.8, 4) is 0 Å². The lowest BCUT2D eigenvalue weighted by Gasteiger charge is -2.32. The number of carbonyl (C=O) groups is 1. The molecule has 0 radical (unpaired) electrons. The monoisotopic (exact) mass is 392 g/mol. The molecule has 130 valence electrons. The zero-order valence-electron chi connectivity index (χ0n) is 10.3. The van der Waals surface area contributed by atoms with E-state index in [9.17, 15) is 44.3 Å². The highest BCUT2D eigenvalue weighted by molar-refractivity contribution is 6.36. The van der Waals surface area contributed by atoms with Gasteiger partial charge in [0.25, 0.3) is 0 Å². The van der Waals surface area contributed by atoms with Crippen molar-refractivity contribution in [1.82, 2.24) is 0 Å². The molecule has 23 heavy (non-hydrogen) atoms. The molecule has 0 aliphatic rings. The van der Waals surface area contributed by atoms with Crippen LogP contribution in [-0.2, 0) is 0 Å². The third-order valence-corrected chi connectivity index (χ3v) is 3.17. The smallest absolute Gasteiger partial charge is 0.287 e. The number of halogens is 11. The van der Waals surface area contributed by atoms with Crippen molar-refractivity contribution in [3.05, 3.63) is 33.8 Å². The maximum absolute atomic E-state index is 13.4. The topological polar surface area (TPSA) is 17.1 Å². The molecule has 0 amide bonds. The highest BCUT2D eigenvalue weighted by Crippen LogP contribution is 2.54. The van der Waals surface area contributed by atoms with Crippen molar-refractivity contribution >= 4 is 29.0 Å². The summed E-state index contributed by atoms with van der Waals surface area (Å²) >= 11 is 10.6. The number of ketones is 1. The van der Waals surface area contributed by atoms with E-state index in [0.29, 0.717) is 12.1 Å². The van der Waals surface area contributed by atoms with Gasteiger partial charge in [0.05, 0.1) is 5.02 Å². The summed E-state index contributed by atoms with van der Waals surface area (Å²) in [6.07, 6.45) is -7.02. The highest BCUT2D eigenvalue weighted by Gasteiger charge is 2.83. The summed E-state index contributed by atoms with van der Waals surface area (Å²) in [5.74, 6) is -23.6. The van der Waals surface area contributed by atoms with E-state index in [0.717, 1.165) is 6.07 Å². The van der Waals surface area contributed by atoms with Gasteiger partial charge in [0, 0.05) is 10.6 Å². The fourth-order valence-corrected chi connectivity index (χ4v) is 1.73. The first kappa shape index (κ1) is 19.9. The van der Waals surface area contributed by atoms with Crippen LogP contribution in [0, 0.1) is 0 Å². The Labute approximate surface area is 132 Å². The van der Waals surface area contributed by atoms with Crippen LogP contribution in [0.5, 0.6) is 0 Å². The highest BCUT2D eigenvalue weighted by atomic mass is 35.5. The Hall–Kier alpha value is -1.16. The molecule has 12 heteroatoms. The third-order valence-electron chi connectivity index (χ3n) is 2.60. The second-order valence-corrected chi connectivity index (χ2v) is 5.02. The molecule has 0 aromatic heterocycles. The number of carbonyl (C=O) groups excluding carboxylic acids is 1. The molecule has 0 saturated heterocycles. The number of hydrogen-bond donors (Lipinski definition) is 0. The molecular weight excluding hydrogens is 390 g/mol. The minimum absolute atomic E-state index is 0.335. The van der Waals surface area contributed by atoms with Gasteiger partial charge in [-0.05, 0) is 18.2 Å². The van der Waals surface area contributed by atoms with Crippen LogP contribution in [0.3, 0.4) is 0 Å². The van der Waals surface area contributed by atoms with Crippen LogP contribution in [0.25, 0.3) is 0 Å². The Morgan fingerprint density at radius 1 is 0.826 bits per heavy atom. The largest absolute Gasteiger partial charge is 0.460 e. The van der Waals surface area contributed by atoms with Gasteiger partial charge < -0.3 is 0 Å². The molecule has 0 spiro atoms. The Morgan fingerprint density at radius 3 is 1.74 bits per heavy atom. The number of rotatable bonds is 4. The van der Waals surface area contributed by atoms with Crippen molar-refractivity contribution in [2.45, 2.75) is 23.9 Å². The SMILES string of the molecule is O=C(c1cc(Cl)ccc1Cl)C(F)(F)C(F)(F)C(F)(F)C(F)(F)F. The molecule has 0 bridgehead atoms. The predicted molar refractivity (Wildman–Crippen MR) is 61.7 cm³/mol. The lowest BCUT2D eigenvalue weighted by Crippen LogP contribution is -2.63. The maximum Gasteiger partial charge on any atom is 0.460 e. The minimum Gasteiger partial charge on any atom is -0.287 e. The quantitative estimate of drug-likeness (QED) is 0.478. The van der Waals surface area contributed by atoms with E-state index in [2.05, 4.69) is 0 Å². The van der Waals surface area contributed by atoms with Gasteiger partial charge >= 0.3 is 23.9 Å². The van der Waals surface area contributed by atoms with Gasteiger partial charge in [0.1, 0.15) is 0 Å². The molecule has 1 aromatic carbocycles. The first-order valence-corrected chi connectivity index (χ1v) is 6.03. The van der Waals surface area contributed by atoms with Crippen LogP contribution < -0.4 is 0 Å². The van der Waals surface area contributed by atoms with Gasteiger partial charge in [-0.25, -0.2) is 0 Å². The van der Waals surface area contributed by atoms with Gasteiger partial charge in [-0.15, -0.1) is 0 Å². The van der Waals surface area contributed by atoms with Crippen LogP contribution >= 0.6 is 23.2 Å². The molecule has 0 atom stereocenters. The maximum atomic E-state index is 13.4. The van der Waals surface area contributed by atoms with Gasteiger partial charge in [-0.2, -0.15) is 39.5 Å². The first-order valence-electron chi connectivity index (χ1n) is 5.27. The zero-order chi connectivity index (χ0) is 18.4. The molecule has 0 aliphatic heterocycles. The van der Waals surface area contributed by atoms with E-state index in [-0.39, 0.29) is 0 Å². The van der Waals surface area contributed by atoms with E-state index in [4.69, 9.17) is 23.2 Å². The van der Waals surface area contributed by atoms with Gasteiger partial charge in [-0.3, -0.25) is 4.79 Å². The summed E-state index contributed by atoms with van der Waals surface area (Å²) in [7, 11) is 0. The Bertz CT molecular complexity index is 624. The van der Waals surface area contributed by atoms with Crippen molar-refractivity contribution in [1.29, 1.82) is 0 Å². The second-order valence-electron chi connectivity index (χ2n) is 4.17. The second kappa shape index (κ2) is 5.73. The van der Waals surface area contributed by atoms with E-state index in [1.807, 2.05) is 0 Å².